The molecular weight excluding hydrogens is 210 g/mol. The molecule has 0 amide bonds. The molecule has 0 aliphatic heterocycles. The SMILES string of the molecule is C=C(O)N=C(C)c1cc(C)ccc1C(C)(C)C. The summed E-state index contributed by atoms with van der Waals surface area (Å²) in [4.78, 5) is 4.04. The molecule has 92 valence electrons. The van der Waals surface area contributed by atoms with Gasteiger partial charge in [0.15, 0.2) is 0 Å². The van der Waals surface area contributed by atoms with Crippen LogP contribution in [0.1, 0.15) is 44.4 Å². The molecule has 0 saturated heterocycles. The monoisotopic (exact) mass is 231 g/mol. The molecule has 1 aromatic carbocycles. The predicted molar refractivity (Wildman–Crippen MR) is 73.9 cm³/mol. The van der Waals surface area contributed by atoms with Crippen molar-refractivity contribution in [3.8, 4) is 0 Å². The molecule has 0 atom stereocenters. The summed E-state index contributed by atoms with van der Waals surface area (Å²) in [5.41, 5.74) is 4.34. The summed E-state index contributed by atoms with van der Waals surface area (Å²) in [5, 5.41) is 9.17. The zero-order valence-electron chi connectivity index (χ0n) is 11.3. The van der Waals surface area contributed by atoms with Crippen molar-refractivity contribution in [3.63, 3.8) is 0 Å². The Balaban J connectivity index is 3.40. The Hall–Kier alpha value is -1.57. The summed E-state index contributed by atoms with van der Waals surface area (Å²) in [6.45, 7) is 13.9. The van der Waals surface area contributed by atoms with Gasteiger partial charge in [0.25, 0.3) is 0 Å². The lowest BCUT2D eigenvalue weighted by Gasteiger charge is -2.23. The van der Waals surface area contributed by atoms with Gasteiger partial charge < -0.3 is 5.11 Å². The molecular formula is C15H21NO. The van der Waals surface area contributed by atoms with Gasteiger partial charge in [-0.2, -0.15) is 0 Å². The maximum Gasteiger partial charge on any atom is 0.203 e. The minimum absolute atomic E-state index is 0.0522. The second-order valence-electron chi connectivity index (χ2n) is 5.41. The van der Waals surface area contributed by atoms with E-state index in [9.17, 15) is 0 Å². The molecule has 17 heavy (non-hydrogen) atoms. The highest BCUT2D eigenvalue weighted by Gasteiger charge is 2.19. The van der Waals surface area contributed by atoms with E-state index in [0.717, 1.165) is 11.3 Å². The summed E-state index contributed by atoms with van der Waals surface area (Å²) >= 11 is 0. The van der Waals surface area contributed by atoms with E-state index in [1.165, 1.54) is 11.1 Å². The minimum atomic E-state index is -0.149. The summed E-state index contributed by atoms with van der Waals surface area (Å²) in [7, 11) is 0. The molecule has 0 spiro atoms. The Bertz CT molecular complexity index is 464. The minimum Gasteiger partial charge on any atom is -0.494 e. The second-order valence-corrected chi connectivity index (χ2v) is 5.41. The Kier molecular flexibility index (Phi) is 3.76. The average Bonchev–Trinajstić information content (AvgIpc) is 2.14. The number of aryl methyl sites for hydroxylation is 1. The van der Waals surface area contributed by atoms with Crippen LogP contribution in [0.4, 0.5) is 0 Å². The Morgan fingerprint density at radius 3 is 2.35 bits per heavy atom. The van der Waals surface area contributed by atoms with E-state index in [2.05, 4.69) is 57.5 Å². The molecule has 1 N–H and O–H groups in total. The average molecular weight is 231 g/mol. The largest absolute Gasteiger partial charge is 0.494 e. The summed E-state index contributed by atoms with van der Waals surface area (Å²) in [6, 6.07) is 6.33. The van der Waals surface area contributed by atoms with Gasteiger partial charge in [-0.25, -0.2) is 4.99 Å². The van der Waals surface area contributed by atoms with E-state index in [1.54, 1.807) is 0 Å². The quantitative estimate of drug-likeness (QED) is 0.602. The Labute approximate surface area is 104 Å². The smallest absolute Gasteiger partial charge is 0.203 e. The first-order chi connectivity index (χ1) is 7.71. The fourth-order valence-electron chi connectivity index (χ4n) is 1.87. The van der Waals surface area contributed by atoms with Crippen LogP contribution in [0, 0.1) is 6.92 Å². The normalized spacial score (nSPS) is 12.6. The number of aliphatic hydroxyl groups is 1. The summed E-state index contributed by atoms with van der Waals surface area (Å²) < 4.78 is 0. The zero-order valence-corrected chi connectivity index (χ0v) is 11.3. The Morgan fingerprint density at radius 1 is 1.29 bits per heavy atom. The van der Waals surface area contributed by atoms with Gasteiger partial charge in [0.05, 0.1) is 0 Å². The van der Waals surface area contributed by atoms with Gasteiger partial charge in [-0.1, -0.05) is 38.5 Å². The number of aliphatic imine (C=N–C) groups is 1. The fourth-order valence-corrected chi connectivity index (χ4v) is 1.87. The molecule has 0 unspecified atom stereocenters. The van der Waals surface area contributed by atoms with Crippen molar-refractivity contribution in [2.75, 3.05) is 0 Å². The molecule has 0 saturated carbocycles. The maximum absolute atomic E-state index is 9.17. The highest BCUT2D eigenvalue weighted by atomic mass is 16.3. The van der Waals surface area contributed by atoms with Crippen LogP contribution in [-0.4, -0.2) is 10.8 Å². The number of aliphatic hydroxyl groups excluding tert-OH is 1. The van der Waals surface area contributed by atoms with Crippen LogP contribution in [0.3, 0.4) is 0 Å². The number of hydrogen-bond donors (Lipinski definition) is 1. The molecule has 0 fully saturated rings. The van der Waals surface area contributed by atoms with E-state index in [-0.39, 0.29) is 11.3 Å². The summed E-state index contributed by atoms with van der Waals surface area (Å²) in [5.74, 6) is -0.149. The first-order valence-corrected chi connectivity index (χ1v) is 5.76. The van der Waals surface area contributed by atoms with Crippen molar-refractivity contribution in [1.29, 1.82) is 0 Å². The standard InChI is InChI=1S/C15H21NO/c1-10-7-8-14(15(4,5)6)13(9-10)11(2)16-12(3)17/h7-9,17H,3H2,1-2,4-6H3. The third kappa shape index (κ3) is 3.45. The molecule has 1 rings (SSSR count). The van der Waals surface area contributed by atoms with Crippen molar-refractivity contribution in [2.24, 2.45) is 4.99 Å². The van der Waals surface area contributed by atoms with Crippen molar-refractivity contribution in [3.05, 3.63) is 47.4 Å². The van der Waals surface area contributed by atoms with Gasteiger partial charge in [0, 0.05) is 5.71 Å². The zero-order chi connectivity index (χ0) is 13.2. The van der Waals surface area contributed by atoms with Gasteiger partial charge in [-0.3, -0.25) is 0 Å². The molecule has 2 nitrogen and oxygen atoms in total. The van der Waals surface area contributed by atoms with Crippen molar-refractivity contribution < 1.29 is 5.11 Å². The first-order valence-electron chi connectivity index (χ1n) is 5.76. The maximum atomic E-state index is 9.17. The predicted octanol–water partition coefficient (Wildman–Crippen LogP) is 4.13. The highest BCUT2D eigenvalue weighted by molar-refractivity contribution is 6.01. The van der Waals surface area contributed by atoms with E-state index in [0.29, 0.717) is 0 Å². The Morgan fingerprint density at radius 2 is 1.88 bits per heavy atom. The van der Waals surface area contributed by atoms with Crippen LogP contribution in [0.5, 0.6) is 0 Å². The van der Waals surface area contributed by atoms with Gasteiger partial charge in [0.2, 0.25) is 5.88 Å². The lowest BCUT2D eigenvalue weighted by molar-refractivity contribution is 0.410. The molecule has 2 heteroatoms. The van der Waals surface area contributed by atoms with E-state index >= 15 is 0 Å². The van der Waals surface area contributed by atoms with Crippen LogP contribution in [0.25, 0.3) is 0 Å². The highest BCUT2D eigenvalue weighted by Crippen LogP contribution is 2.27. The number of nitrogens with zero attached hydrogens (tertiary/aromatic N) is 1. The van der Waals surface area contributed by atoms with E-state index < -0.39 is 0 Å². The molecule has 0 bridgehead atoms. The molecule has 0 aliphatic carbocycles. The van der Waals surface area contributed by atoms with Gasteiger partial charge in [-0.15, -0.1) is 0 Å². The van der Waals surface area contributed by atoms with E-state index in [4.69, 9.17) is 5.11 Å². The fraction of sp³-hybridized carbons (Fsp3) is 0.400. The van der Waals surface area contributed by atoms with Crippen LogP contribution in [0.15, 0.2) is 35.7 Å². The first kappa shape index (κ1) is 13.5. The van der Waals surface area contributed by atoms with Gasteiger partial charge >= 0.3 is 0 Å². The van der Waals surface area contributed by atoms with Gasteiger partial charge in [0.1, 0.15) is 0 Å². The number of rotatable bonds is 2. The lowest BCUT2D eigenvalue weighted by Crippen LogP contribution is -2.16. The number of hydrogen-bond acceptors (Lipinski definition) is 2. The van der Waals surface area contributed by atoms with Crippen LogP contribution >= 0.6 is 0 Å². The van der Waals surface area contributed by atoms with E-state index in [1.807, 2.05) is 6.92 Å². The van der Waals surface area contributed by atoms with Crippen LogP contribution < -0.4 is 0 Å². The molecule has 0 heterocycles. The molecule has 0 radical (unpaired) electrons. The van der Waals surface area contributed by atoms with Crippen molar-refractivity contribution in [1.82, 2.24) is 0 Å². The van der Waals surface area contributed by atoms with Crippen molar-refractivity contribution in [2.45, 2.75) is 40.0 Å². The van der Waals surface area contributed by atoms with Crippen LogP contribution in [-0.2, 0) is 5.41 Å². The molecule has 0 aliphatic rings. The third-order valence-electron chi connectivity index (χ3n) is 2.67. The van der Waals surface area contributed by atoms with Gasteiger partial charge in [-0.05, 0) is 43.0 Å². The molecule has 1 aromatic rings. The second kappa shape index (κ2) is 4.74. The lowest BCUT2D eigenvalue weighted by atomic mass is 9.82. The third-order valence-corrected chi connectivity index (χ3v) is 2.67. The number of benzene rings is 1. The molecule has 0 aromatic heterocycles. The topological polar surface area (TPSA) is 32.6 Å². The van der Waals surface area contributed by atoms with Crippen molar-refractivity contribution >= 4 is 5.71 Å². The summed E-state index contributed by atoms with van der Waals surface area (Å²) in [6.07, 6.45) is 0. The van der Waals surface area contributed by atoms with Crippen LogP contribution in [0.2, 0.25) is 0 Å².